The second kappa shape index (κ2) is 7.81. The van der Waals surface area contributed by atoms with Gasteiger partial charge in [-0.15, -0.1) is 0 Å². The molecule has 0 heterocycles. The largest absolute Gasteiger partial charge is 0.480 e. The molecule has 1 aromatic carbocycles. The zero-order valence-corrected chi connectivity index (χ0v) is 15.1. The fraction of sp³-hybridized carbons (Fsp3) is 0.429. The first-order valence-corrected chi connectivity index (χ1v) is 8.87. The van der Waals surface area contributed by atoms with Gasteiger partial charge in [-0.25, -0.2) is 9.59 Å². The number of nitro groups is 1. The highest BCUT2D eigenvalue weighted by molar-refractivity contribution is 7.60. The third kappa shape index (κ3) is 6.43. The summed E-state index contributed by atoms with van der Waals surface area (Å²) in [7, 11) is -4.88. The highest BCUT2D eigenvalue weighted by Crippen LogP contribution is 2.37. The van der Waals surface area contributed by atoms with E-state index in [1.165, 1.54) is 0 Å². The van der Waals surface area contributed by atoms with Crippen molar-refractivity contribution in [3.05, 3.63) is 33.9 Å². The van der Waals surface area contributed by atoms with Crippen molar-refractivity contribution in [2.45, 2.75) is 38.8 Å². The number of carboxylic acids is 1. The molecule has 0 fully saturated rings. The molecule has 0 aliphatic rings. The zero-order valence-electron chi connectivity index (χ0n) is 14.2. The van der Waals surface area contributed by atoms with Gasteiger partial charge < -0.3 is 24.9 Å². The normalized spacial score (nSPS) is 13.0. The quantitative estimate of drug-likeness (QED) is 0.312. The van der Waals surface area contributed by atoms with E-state index in [4.69, 9.17) is 14.5 Å². The van der Waals surface area contributed by atoms with Gasteiger partial charge in [0.25, 0.3) is 5.69 Å². The summed E-state index contributed by atoms with van der Waals surface area (Å²) in [6.45, 7) is 4.77. The van der Waals surface area contributed by atoms with E-state index in [1.807, 2.05) is 0 Å². The number of ether oxygens (including phenoxy) is 1. The molecule has 0 aromatic heterocycles. The van der Waals surface area contributed by atoms with Crippen LogP contribution in [0.5, 0.6) is 0 Å². The highest BCUT2D eigenvalue weighted by atomic mass is 31.2. The van der Waals surface area contributed by atoms with Gasteiger partial charge in [-0.2, -0.15) is 0 Å². The summed E-state index contributed by atoms with van der Waals surface area (Å²) < 4.78 is 16.3. The molecule has 0 unspecified atom stereocenters. The molecule has 0 radical (unpaired) electrons. The van der Waals surface area contributed by atoms with Crippen LogP contribution >= 0.6 is 7.60 Å². The van der Waals surface area contributed by atoms with Crippen molar-refractivity contribution in [3.63, 3.8) is 0 Å². The number of amides is 1. The van der Waals surface area contributed by atoms with Crippen LogP contribution in [0.25, 0.3) is 0 Å². The van der Waals surface area contributed by atoms with Gasteiger partial charge in [-0.1, -0.05) is 6.07 Å². The summed E-state index contributed by atoms with van der Waals surface area (Å²) in [4.78, 5) is 51.4. The maximum atomic E-state index is 11.7. The first-order chi connectivity index (χ1) is 11.7. The van der Waals surface area contributed by atoms with Crippen molar-refractivity contribution in [2.24, 2.45) is 0 Å². The van der Waals surface area contributed by atoms with Gasteiger partial charge in [-0.3, -0.25) is 14.7 Å². The van der Waals surface area contributed by atoms with Gasteiger partial charge >= 0.3 is 19.7 Å². The second-order valence-electron chi connectivity index (χ2n) is 6.37. The molecule has 1 rings (SSSR count). The summed E-state index contributed by atoms with van der Waals surface area (Å²) >= 11 is 0. The molecule has 0 aliphatic carbocycles. The van der Waals surface area contributed by atoms with Gasteiger partial charge in [-0.05, 0) is 32.4 Å². The zero-order chi connectivity index (χ0) is 20.3. The fourth-order valence-electron chi connectivity index (χ4n) is 1.97. The number of carbonyl (C=O) groups is 2. The Balaban J connectivity index is 3.08. The van der Waals surface area contributed by atoms with E-state index >= 15 is 0 Å². The number of hydrogen-bond acceptors (Lipinski definition) is 6. The Bertz CT molecular complexity index is 766. The Kier molecular flexibility index (Phi) is 6.48. The minimum Gasteiger partial charge on any atom is -0.480 e. The van der Waals surface area contributed by atoms with Crippen LogP contribution in [-0.2, 0) is 20.5 Å². The van der Waals surface area contributed by atoms with Crippen molar-refractivity contribution in [2.75, 3.05) is 0 Å². The van der Waals surface area contributed by atoms with E-state index in [0.29, 0.717) is 0 Å². The summed E-state index contributed by atoms with van der Waals surface area (Å²) in [5.41, 5.74) is -1.59. The van der Waals surface area contributed by atoms with Crippen LogP contribution in [0.4, 0.5) is 10.5 Å². The number of rotatable bonds is 6. The number of nitrogens with zero attached hydrogens (tertiary/aromatic N) is 1. The van der Waals surface area contributed by atoms with E-state index in [1.54, 1.807) is 20.8 Å². The average Bonchev–Trinajstić information content (AvgIpc) is 2.43. The van der Waals surface area contributed by atoms with Gasteiger partial charge in [0.2, 0.25) is 0 Å². The lowest BCUT2D eigenvalue weighted by molar-refractivity contribution is -0.383. The van der Waals surface area contributed by atoms with Gasteiger partial charge in [0.05, 0.1) is 4.92 Å². The van der Waals surface area contributed by atoms with Crippen LogP contribution in [0, 0.1) is 10.1 Å². The first kappa shape index (κ1) is 21.6. The lowest BCUT2D eigenvalue weighted by Crippen LogP contribution is -2.44. The number of nitro benzene ring substituents is 1. The molecular formula is C14H19N2O9P. The van der Waals surface area contributed by atoms with E-state index in [-0.39, 0.29) is 12.0 Å². The number of carboxylic acid groups (broad SMARTS) is 1. The fourth-order valence-corrected chi connectivity index (χ4v) is 2.69. The van der Waals surface area contributed by atoms with Crippen molar-refractivity contribution in [1.82, 2.24) is 5.32 Å². The Labute approximate surface area is 148 Å². The highest BCUT2D eigenvalue weighted by Gasteiger charge is 2.30. The molecule has 0 saturated carbocycles. The molecule has 12 heteroatoms. The summed E-state index contributed by atoms with van der Waals surface area (Å²) in [6.07, 6.45) is -1.33. The van der Waals surface area contributed by atoms with Crippen LogP contribution < -0.4 is 10.6 Å². The third-order valence-corrected chi connectivity index (χ3v) is 3.99. The topological polar surface area (TPSA) is 176 Å². The van der Waals surface area contributed by atoms with Crippen LogP contribution in [0.3, 0.4) is 0 Å². The van der Waals surface area contributed by atoms with Gasteiger partial charge in [0.1, 0.15) is 16.9 Å². The van der Waals surface area contributed by atoms with Crippen molar-refractivity contribution in [3.8, 4) is 0 Å². The predicted molar refractivity (Wildman–Crippen MR) is 89.3 cm³/mol. The second-order valence-corrected chi connectivity index (χ2v) is 7.94. The molecule has 0 bridgehead atoms. The molecule has 1 amide bonds. The maximum Gasteiger partial charge on any atom is 0.408 e. The average molecular weight is 390 g/mol. The summed E-state index contributed by atoms with van der Waals surface area (Å²) in [5.74, 6) is -1.41. The van der Waals surface area contributed by atoms with Crippen LogP contribution in [0.2, 0.25) is 0 Å². The predicted octanol–water partition coefficient (Wildman–Crippen LogP) is 0.918. The lowest BCUT2D eigenvalue weighted by atomic mass is 10.1. The van der Waals surface area contributed by atoms with E-state index in [0.717, 1.165) is 18.2 Å². The van der Waals surface area contributed by atoms with Gasteiger partial charge in [0, 0.05) is 12.5 Å². The van der Waals surface area contributed by atoms with Crippen molar-refractivity contribution in [1.29, 1.82) is 0 Å². The maximum absolute atomic E-state index is 11.7. The minimum absolute atomic E-state index is 0.0948. The first-order valence-electron chi connectivity index (χ1n) is 7.26. The number of hydrogen-bond donors (Lipinski definition) is 4. The number of aliphatic carboxylic acids is 1. The molecular weight excluding hydrogens is 371 g/mol. The molecule has 144 valence electrons. The molecule has 4 N–H and O–H groups in total. The Morgan fingerprint density at radius 3 is 2.35 bits per heavy atom. The van der Waals surface area contributed by atoms with Crippen LogP contribution in [0.1, 0.15) is 26.3 Å². The number of alkyl carbamates (subject to hydrolysis) is 1. The summed E-state index contributed by atoms with van der Waals surface area (Å²) in [6, 6.07) is 1.42. The molecule has 0 spiro atoms. The number of carbonyl (C=O) groups excluding carboxylic acids is 1. The lowest BCUT2D eigenvalue weighted by Gasteiger charge is -2.22. The van der Waals surface area contributed by atoms with Crippen LogP contribution in [-0.4, -0.2) is 43.5 Å². The third-order valence-electron chi connectivity index (χ3n) is 2.98. The smallest absolute Gasteiger partial charge is 0.408 e. The standard InChI is InChI=1S/C14H19N2O9P/c1-14(2,3)25-13(19)15-9(12(17)18)6-8-4-5-11(26(22,23)24)10(7-8)16(20)21/h4-5,7,9H,6H2,1-3H3,(H,15,19)(H,17,18)(H2,22,23,24)/t9-/m0/s1. The van der Waals surface area contributed by atoms with E-state index in [9.17, 15) is 29.4 Å². The van der Waals surface area contributed by atoms with E-state index in [2.05, 4.69) is 5.32 Å². The Hall–Kier alpha value is -2.49. The molecule has 26 heavy (non-hydrogen) atoms. The van der Waals surface area contributed by atoms with Crippen molar-refractivity contribution >= 4 is 30.7 Å². The monoisotopic (exact) mass is 390 g/mol. The van der Waals surface area contributed by atoms with Gasteiger partial charge in [0.15, 0.2) is 0 Å². The number of benzene rings is 1. The molecule has 0 aliphatic heterocycles. The van der Waals surface area contributed by atoms with Crippen molar-refractivity contribution < 1.29 is 38.7 Å². The Morgan fingerprint density at radius 2 is 1.92 bits per heavy atom. The summed E-state index contributed by atoms with van der Waals surface area (Å²) in [5, 5.41) is 21.6. The van der Waals surface area contributed by atoms with E-state index < -0.39 is 47.2 Å². The van der Waals surface area contributed by atoms with Crippen LogP contribution in [0.15, 0.2) is 18.2 Å². The number of nitrogens with one attached hydrogen (secondary N) is 1. The SMILES string of the molecule is CC(C)(C)OC(=O)N[C@@H](Cc1ccc(P(=O)(O)O)c([N+](=O)[O-])c1)C(=O)O. The molecule has 1 atom stereocenters. The molecule has 1 aromatic rings. The minimum atomic E-state index is -4.88. The molecule has 0 saturated heterocycles. The Morgan fingerprint density at radius 1 is 1.35 bits per heavy atom. The molecule has 11 nitrogen and oxygen atoms in total.